The molecular weight excluding hydrogens is 575 g/mol. The minimum atomic E-state index is -5.04. The zero-order valence-electron chi connectivity index (χ0n) is 20.9. The summed E-state index contributed by atoms with van der Waals surface area (Å²) in [6.45, 7) is 1.61. The highest BCUT2D eigenvalue weighted by Crippen LogP contribution is 2.37. The number of amides is 1. The van der Waals surface area contributed by atoms with Crippen molar-refractivity contribution in [3.8, 4) is 11.5 Å². The second kappa shape index (κ2) is 11.3. The molecule has 1 amide bonds. The molecule has 12 nitrogen and oxygen atoms in total. The van der Waals surface area contributed by atoms with E-state index in [-0.39, 0.29) is 34.6 Å². The summed E-state index contributed by atoms with van der Waals surface area (Å²) >= 11 is 0. The van der Waals surface area contributed by atoms with E-state index in [0.29, 0.717) is 18.4 Å². The number of hydrogen-bond acceptors (Lipinski definition) is 9. The lowest BCUT2D eigenvalue weighted by molar-refractivity contribution is -0.385. The first-order chi connectivity index (χ1) is 19.3. The molecule has 0 aliphatic carbocycles. The largest absolute Gasteiger partial charge is 0.486 e. The number of non-ortho nitro benzene ring substituents is 1. The van der Waals surface area contributed by atoms with Crippen LogP contribution in [0, 0.1) is 10.1 Å². The Morgan fingerprint density at radius 2 is 1.68 bits per heavy atom. The molecule has 0 saturated carbocycles. The highest BCUT2D eigenvalue weighted by Gasteiger charge is 2.36. The van der Waals surface area contributed by atoms with Crippen molar-refractivity contribution >= 4 is 39.0 Å². The Morgan fingerprint density at radius 3 is 2.37 bits per heavy atom. The molecule has 16 heteroatoms. The van der Waals surface area contributed by atoms with Gasteiger partial charge in [-0.2, -0.15) is 13.2 Å². The van der Waals surface area contributed by atoms with Gasteiger partial charge in [-0.1, -0.05) is 12.1 Å². The molecule has 0 saturated heterocycles. The van der Waals surface area contributed by atoms with Crippen LogP contribution in [0.2, 0.25) is 0 Å². The maximum Gasteiger partial charge on any atom is 0.418 e. The predicted molar refractivity (Wildman–Crippen MR) is 136 cm³/mol. The number of esters is 1. The maximum atomic E-state index is 13.4. The molecule has 1 atom stereocenters. The van der Waals surface area contributed by atoms with Crippen LogP contribution in [-0.4, -0.2) is 44.5 Å². The van der Waals surface area contributed by atoms with Crippen LogP contribution in [0.15, 0.2) is 65.6 Å². The first-order valence-corrected chi connectivity index (χ1v) is 13.1. The first kappa shape index (κ1) is 29.1. The smallest absolute Gasteiger partial charge is 0.418 e. The van der Waals surface area contributed by atoms with Crippen molar-refractivity contribution in [1.82, 2.24) is 0 Å². The molecule has 0 spiro atoms. The van der Waals surface area contributed by atoms with Gasteiger partial charge in [-0.05, 0) is 37.3 Å². The van der Waals surface area contributed by atoms with Crippen molar-refractivity contribution in [2.24, 2.45) is 0 Å². The van der Waals surface area contributed by atoms with Gasteiger partial charge in [0.05, 0.1) is 32.3 Å². The Balaban J connectivity index is 1.50. The molecule has 0 aromatic heterocycles. The van der Waals surface area contributed by atoms with Crippen molar-refractivity contribution < 1.29 is 50.3 Å². The Hall–Kier alpha value is -4.86. The van der Waals surface area contributed by atoms with E-state index in [4.69, 9.17) is 14.2 Å². The second-order valence-electron chi connectivity index (χ2n) is 8.48. The quantitative estimate of drug-likeness (QED) is 0.219. The third-order valence-electron chi connectivity index (χ3n) is 5.65. The monoisotopic (exact) mass is 595 g/mol. The Morgan fingerprint density at radius 1 is 1.00 bits per heavy atom. The lowest BCUT2D eigenvalue weighted by Gasteiger charge is -2.19. The van der Waals surface area contributed by atoms with Crippen molar-refractivity contribution in [3.05, 3.63) is 81.9 Å². The standard InChI is InChI=1S/C25H20F3N3O9S/c1-14(23(32)29-20-8-6-15(31(34)35)12-18(20)25(26,27)28)40-24(33)17-4-2-3-5-19(17)30-41(36,37)16-7-9-21-22(13-16)39-11-10-38-21/h2-9,12-14,30H,10-11H2,1H3,(H,29,32)/t14-/m0/s1. The Kier molecular flexibility index (Phi) is 8.05. The molecule has 1 aliphatic heterocycles. The van der Waals surface area contributed by atoms with E-state index in [0.717, 1.165) is 13.0 Å². The summed E-state index contributed by atoms with van der Waals surface area (Å²) in [5.74, 6) is -1.75. The topological polar surface area (TPSA) is 163 Å². The van der Waals surface area contributed by atoms with E-state index in [1.54, 1.807) is 0 Å². The van der Waals surface area contributed by atoms with Gasteiger partial charge in [0.15, 0.2) is 17.6 Å². The van der Waals surface area contributed by atoms with Crippen molar-refractivity contribution in [3.63, 3.8) is 0 Å². The number of halogens is 3. The fourth-order valence-corrected chi connectivity index (χ4v) is 4.74. The van der Waals surface area contributed by atoms with Crippen LogP contribution in [0.4, 0.5) is 30.2 Å². The SMILES string of the molecule is C[C@H](OC(=O)c1ccccc1NS(=O)(=O)c1ccc2c(c1)OCCO2)C(=O)Nc1ccc([N+](=O)[O-])cc1C(F)(F)F. The number of carbonyl (C=O) groups is 2. The summed E-state index contributed by atoms with van der Waals surface area (Å²) in [5, 5.41) is 12.8. The number of sulfonamides is 1. The summed E-state index contributed by atoms with van der Waals surface area (Å²) in [4.78, 5) is 35.1. The van der Waals surface area contributed by atoms with Gasteiger partial charge in [0.1, 0.15) is 13.2 Å². The summed E-state index contributed by atoms with van der Waals surface area (Å²) in [6, 6.07) is 11.0. The minimum absolute atomic E-state index is 0.193. The van der Waals surface area contributed by atoms with Crippen molar-refractivity contribution in [2.45, 2.75) is 24.1 Å². The summed E-state index contributed by atoms with van der Waals surface area (Å²) in [6.07, 6.45) is -6.69. The average molecular weight is 596 g/mol. The van der Waals surface area contributed by atoms with Crippen molar-refractivity contribution in [1.29, 1.82) is 0 Å². The van der Waals surface area contributed by atoms with Crippen LogP contribution in [0.1, 0.15) is 22.8 Å². The number of nitrogens with zero attached hydrogens (tertiary/aromatic N) is 1. The van der Waals surface area contributed by atoms with Crippen LogP contribution < -0.4 is 19.5 Å². The third kappa shape index (κ3) is 6.66. The Labute approximate surface area is 230 Å². The number of nitrogens with one attached hydrogen (secondary N) is 2. The molecule has 0 radical (unpaired) electrons. The molecule has 3 aromatic carbocycles. The number of nitro groups is 1. The Bertz CT molecular complexity index is 1630. The molecular formula is C25H20F3N3O9S. The zero-order valence-corrected chi connectivity index (χ0v) is 21.7. The fraction of sp³-hybridized carbons (Fsp3) is 0.200. The first-order valence-electron chi connectivity index (χ1n) is 11.7. The highest BCUT2D eigenvalue weighted by molar-refractivity contribution is 7.92. The normalized spacial score (nSPS) is 13.6. The van der Waals surface area contributed by atoms with Gasteiger partial charge in [0.2, 0.25) is 0 Å². The van der Waals surface area contributed by atoms with Crippen LogP contribution in [0.25, 0.3) is 0 Å². The van der Waals surface area contributed by atoms with E-state index >= 15 is 0 Å². The number of hydrogen-bond donors (Lipinski definition) is 2. The number of carbonyl (C=O) groups excluding carboxylic acids is 2. The van der Waals surface area contributed by atoms with Gasteiger partial charge in [-0.25, -0.2) is 13.2 Å². The zero-order chi connectivity index (χ0) is 29.9. The lowest BCUT2D eigenvalue weighted by atomic mass is 10.1. The summed E-state index contributed by atoms with van der Waals surface area (Å²) in [7, 11) is -4.24. The maximum absolute atomic E-state index is 13.4. The number of fused-ring (bicyclic) bond motifs is 1. The van der Waals surface area contributed by atoms with Crippen LogP contribution >= 0.6 is 0 Å². The number of para-hydroxylation sites is 1. The molecule has 4 rings (SSSR count). The van der Waals surface area contributed by atoms with Gasteiger partial charge < -0.3 is 19.5 Å². The molecule has 0 fully saturated rings. The fourth-order valence-electron chi connectivity index (χ4n) is 3.65. The summed E-state index contributed by atoms with van der Waals surface area (Å²) in [5.41, 5.74) is -3.60. The van der Waals surface area contributed by atoms with Gasteiger partial charge >= 0.3 is 12.1 Å². The van der Waals surface area contributed by atoms with Gasteiger partial charge in [-0.3, -0.25) is 19.6 Å². The highest BCUT2D eigenvalue weighted by atomic mass is 32.2. The number of benzene rings is 3. The molecule has 3 aromatic rings. The van der Waals surface area contributed by atoms with Crippen LogP contribution in [0.3, 0.4) is 0 Å². The number of rotatable bonds is 8. The third-order valence-corrected chi connectivity index (χ3v) is 7.01. The number of nitro benzene ring substituents is 1. The van der Waals surface area contributed by atoms with Crippen molar-refractivity contribution in [2.75, 3.05) is 23.3 Å². The van der Waals surface area contributed by atoms with E-state index in [1.165, 1.54) is 42.5 Å². The summed E-state index contributed by atoms with van der Waals surface area (Å²) < 4.78 is 84.5. The minimum Gasteiger partial charge on any atom is -0.486 e. The van der Waals surface area contributed by atoms with E-state index < -0.39 is 56.0 Å². The van der Waals surface area contributed by atoms with E-state index in [9.17, 15) is 41.3 Å². The molecule has 1 heterocycles. The van der Waals surface area contributed by atoms with Crippen LogP contribution in [-0.2, 0) is 25.7 Å². The van der Waals surface area contributed by atoms with Crippen LogP contribution in [0.5, 0.6) is 11.5 Å². The van der Waals surface area contributed by atoms with Gasteiger partial charge in [-0.15, -0.1) is 0 Å². The van der Waals surface area contributed by atoms with E-state index in [2.05, 4.69) is 4.72 Å². The van der Waals surface area contributed by atoms with Gasteiger partial charge in [0.25, 0.3) is 21.6 Å². The molecule has 41 heavy (non-hydrogen) atoms. The number of alkyl halides is 3. The predicted octanol–water partition coefficient (Wildman–Crippen LogP) is 4.37. The lowest BCUT2D eigenvalue weighted by Crippen LogP contribution is -2.31. The number of ether oxygens (including phenoxy) is 3. The second-order valence-corrected chi connectivity index (χ2v) is 10.2. The van der Waals surface area contributed by atoms with E-state index in [1.807, 2.05) is 5.32 Å². The van der Waals surface area contributed by atoms with Gasteiger partial charge in [0, 0.05) is 18.2 Å². The molecule has 216 valence electrons. The molecule has 0 bridgehead atoms. The molecule has 0 unspecified atom stereocenters. The number of anilines is 2. The average Bonchev–Trinajstić information content (AvgIpc) is 2.92. The molecule has 2 N–H and O–H groups in total. The molecule has 1 aliphatic rings.